The van der Waals surface area contributed by atoms with Crippen LogP contribution in [0.15, 0.2) is 63.6 Å². The number of likely N-dealkylation sites (N-methyl/N-ethyl adjacent to an activating group) is 1. The zero-order valence-electron chi connectivity index (χ0n) is 15.4. The Balaban J connectivity index is 2.04. The lowest BCUT2D eigenvalue weighted by Crippen LogP contribution is -2.31. The molecule has 1 aliphatic heterocycles. The molecule has 28 heavy (non-hydrogen) atoms. The fourth-order valence-electron chi connectivity index (χ4n) is 2.92. The monoisotopic (exact) mass is 455 g/mol. The average molecular weight is 456 g/mol. The number of thioether (sulfide) groups is 1. The van der Waals surface area contributed by atoms with Crippen LogP contribution in [0.4, 0.5) is 5.69 Å². The molecule has 5 nitrogen and oxygen atoms in total. The number of hydrogen-bond donors (Lipinski definition) is 1. The van der Waals surface area contributed by atoms with Gasteiger partial charge in [-0.3, -0.25) is 14.5 Å². The van der Waals surface area contributed by atoms with Gasteiger partial charge in [0.25, 0.3) is 5.91 Å². The maximum atomic E-state index is 13.2. The van der Waals surface area contributed by atoms with E-state index in [0.29, 0.717) is 17.1 Å². The number of halogens is 1. The predicted molar refractivity (Wildman–Crippen MR) is 115 cm³/mol. The van der Waals surface area contributed by atoms with E-state index >= 15 is 0 Å². The molecule has 7 heteroatoms. The molecule has 0 unspecified atom stereocenters. The third-order valence-electron chi connectivity index (χ3n) is 4.33. The smallest absolute Gasteiger partial charge is 0.264 e. The molecule has 1 N–H and O–H groups in total. The molecular formula is C21H18BrN3O2S. The number of anilines is 1. The summed E-state index contributed by atoms with van der Waals surface area (Å²) < 4.78 is 0.940. The summed E-state index contributed by atoms with van der Waals surface area (Å²) in [5, 5.41) is 12.0. The highest BCUT2D eigenvalue weighted by Gasteiger charge is 2.40. The van der Waals surface area contributed by atoms with E-state index in [0.717, 1.165) is 15.6 Å². The molecule has 0 aliphatic carbocycles. The standard InChI is InChI=1S/C21H18BrN3O2S/c1-13-6-8-16(9-7-13)25-20(27)18(11-14-4-3-5-15(22)10-14)28-21(25)17(12-23)19(26)24-2/h3-10,18H,11H2,1-2H3,(H,24,26)/b21-17-/t18-/m1/s1. The van der Waals surface area contributed by atoms with Crippen molar-refractivity contribution < 1.29 is 9.59 Å². The summed E-state index contributed by atoms with van der Waals surface area (Å²) in [6, 6.07) is 17.2. The van der Waals surface area contributed by atoms with E-state index < -0.39 is 11.2 Å². The van der Waals surface area contributed by atoms with E-state index in [1.54, 1.807) is 0 Å². The Labute approximate surface area is 176 Å². The molecule has 142 valence electrons. The SMILES string of the molecule is CNC(=O)/C(C#N)=C1\S[C@H](Cc2cccc(Br)c2)C(=O)N1c1ccc(C)cc1. The summed E-state index contributed by atoms with van der Waals surface area (Å²) in [6.07, 6.45) is 0.501. The second-order valence-electron chi connectivity index (χ2n) is 6.32. The summed E-state index contributed by atoms with van der Waals surface area (Å²) in [5.41, 5.74) is 2.65. The Morgan fingerprint density at radius 1 is 1.29 bits per heavy atom. The molecular weight excluding hydrogens is 438 g/mol. The van der Waals surface area contributed by atoms with Crippen LogP contribution >= 0.6 is 27.7 Å². The molecule has 1 fully saturated rings. The number of amides is 2. The van der Waals surface area contributed by atoms with Crippen molar-refractivity contribution in [3.63, 3.8) is 0 Å². The van der Waals surface area contributed by atoms with Crippen LogP contribution < -0.4 is 10.2 Å². The number of aryl methyl sites for hydroxylation is 1. The quantitative estimate of drug-likeness (QED) is 0.559. The number of benzene rings is 2. The van der Waals surface area contributed by atoms with Crippen molar-refractivity contribution in [3.8, 4) is 6.07 Å². The first-order chi connectivity index (χ1) is 13.4. The average Bonchev–Trinajstić information content (AvgIpc) is 2.99. The van der Waals surface area contributed by atoms with E-state index in [1.807, 2.05) is 61.5 Å². The molecule has 3 rings (SSSR count). The van der Waals surface area contributed by atoms with Gasteiger partial charge in [0.05, 0.1) is 5.25 Å². The molecule has 1 aliphatic rings. The minimum atomic E-state index is -0.502. The summed E-state index contributed by atoms with van der Waals surface area (Å²) in [7, 11) is 1.47. The van der Waals surface area contributed by atoms with Crippen molar-refractivity contribution in [3.05, 3.63) is 74.7 Å². The highest BCUT2D eigenvalue weighted by molar-refractivity contribution is 9.10. The molecule has 2 aromatic carbocycles. The maximum absolute atomic E-state index is 13.2. The van der Waals surface area contributed by atoms with Crippen LogP contribution in [0.1, 0.15) is 11.1 Å². The Morgan fingerprint density at radius 2 is 2.00 bits per heavy atom. The van der Waals surface area contributed by atoms with Gasteiger partial charge in [0, 0.05) is 17.2 Å². The molecule has 0 radical (unpaired) electrons. The molecule has 0 aromatic heterocycles. The zero-order valence-corrected chi connectivity index (χ0v) is 17.8. The Bertz CT molecular complexity index is 995. The highest BCUT2D eigenvalue weighted by Crippen LogP contribution is 2.42. The topological polar surface area (TPSA) is 73.2 Å². The number of rotatable bonds is 4. The lowest BCUT2D eigenvalue weighted by molar-refractivity contribution is -0.117. The third kappa shape index (κ3) is 4.13. The van der Waals surface area contributed by atoms with Crippen LogP contribution in [0, 0.1) is 18.3 Å². The van der Waals surface area contributed by atoms with Gasteiger partial charge in [-0.05, 0) is 43.2 Å². The largest absolute Gasteiger partial charge is 0.354 e. The van der Waals surface area contributed by atoms with E-state index in [9.17, 15) is 14.9 Å². The van der Waals surface area contributed by atoms with Crippen LogP contribution in [0.5, 0.6) is 0 Å². The molecule has 0 spiro atoms. The Kier molecular flexibility index (Phi) is 6.22. The number of nitrogens with one attached hydrogen (secondary N) is 1. The van der Waals surface area contributed by atoms with Gasteiger partial charge in [-0.2, -0.15) is 5.26 Å². The van der Waals surface area contributed by atoms with Crippen molar-refractivity contribution in [1.82, 2.24) is 5.32 Å². The van der Waals surface area contributed by atoms with Crippen LogP contribution in [-0.2, 0) is 16.0 Å². The van der Waals surface area contributed by atoms with Crippen LogP contribution in [0.25, 0.3) is 0 Å². The first-order valence-corrected chi connectivity index (χ1v) is 10.3. The van der Waals surface area contributed by atoms with Gasteiger partial charge in [0.2, 0.25) is 5.91 Å². The first kappa shape index (κ1) is 20.2. The number of nitrogens with zero attached hydrogens (tertiary/aromatic N) is 2. The lowest BCUT2D eigenvalue weighted by Gasteiger charge is -2.18. The zero-order chi connectivity index (χ0) is 20.3. The van der Waals surface area contributed by atoms with Crippen molar-refractivity contribution >= 4 is 45.2 Å². The number of carbonyl (C=O) groups is 2. The van der Waals surface area contributed by atoms with Gasteiger partial charge in [-0.15, -0.1) is 0 Å². The van der Waals surface area contributed by atoms with E-state index in [4.69, 9.17) is 0 Å². The molecule has 0 bridgehead atoms. The first-order valence-electron chi connectivity index (χ1n) is 8.62. The van der Waals surface area contributed by atoms with Crippen LogP contribution in [-0.4, -0.2) is 24.1 Å². The second-order valence-corrected chi connectivity index (χ2v) is 8.43. The molecule has 1 heterocycles. The summed E-state index contributed by atoms with van der Waals surface area (Å²) in [5.74, 6) is -0.640. The van der Waals surface area contributed by atoms with E-state index in [1.165, 1.54) is 23.7 Å². The Hall–Kier alpha value is -2.56. The highest BCUT2D eigenvalue weighted by atomic mass is 79.9. The van der Waals surface area contributed by atoms with Gasteiger partial charge < -0.3 is 5.32 Å². The summed E-state index contributed by atoms with van der Waals surface area (Å²) >= 11 is 4.71. The van der Waals surface area contributed by atoms with Crippen LogP contribution in [0.2, 0.25) is 0 Å². The van der Waals surface area contributed by atoms with E-state index in [-0.39, 0.29) is 11.5 Å². The minimum Gasteiger partial charge on any atom is -0.354 e. The Morgan fingerprint density at radius 3 is 2.61 bits per heavy atom. The number of hydrogen-bond acceptors (Lipinski definition) is 4. The summed E-state index contributed by atoms with van der Waals surface area (Å²) in [6.45, 7) is 1.96. The minimum absolute atomic E-state index is 0.0573. The van der Waals surface area contributed by atoms with Crippen molar-refractivity contribution in [2.75, 3.05) is 11.9 Å². The van der Waals surface area contributed by atoms with Crippen molar-refractivity contribution in [2.24, 2.45) is 0 Å². The van der Waals surface area contributed by atoms with Gasteiger partial charge >= 0.3 is 0 Å². The molecule has 0 saturated carbocycles. The van der Waals surface area contributed by atoms with Crippen molar-refractivity contribution in [1.29, 1.82) is 5.26 Å². The predicted octanol–water partition coefficient (Wildman–Crippen LogP) is 3.93. The van der Waals surface area contributed by atoms with Gasteiger partial charge in [-0.1, -0.05) is 57.5 Å². The van der Waals surface area contributed by atoms with Gasteiger partial charge in [-0.25, -0.2) is 0 Å². The molecule has 1 atom stereocenters. The van der Waals surface area contributed by atoms with Gasteiger partial charge in [0.15, 0.2) is 0 Å². The fourth-order valence-corrected chi connectivity index (χ4v) is 4.67. The van der Waals surface area contributed by atoms with Gasteiger partial charge in [0.1, 0.15) is 16.7 Å². The third-order valence-corrected chi connectivity index (χ3v) is 6.09. The molecule has 1 saturated heterocycles. The van der Waals surface area contributed by atoms with Crippen molar-refractivity contribution in [2.45, 2.75) is 18.6 Å². The fraction of sp³-hybridized carbons (Fsp3) is 0.190. The number of carbonyl (C=O) groups excluding carboxylic acids is 2. The summed E-state index contributed by atoms with van der Waals surface area (Å²) in [4.78, 5) is 27.0. The van der Waals surface area contributed by atoms with E-state index in [2.05, 4.69) is 21.2 Å². The van der Waals surface area contributed by atoms with Crippen LogP contribution in [0.3, 0.4) is 0 Å². The lowest BCUT2D eigenvalue weighted by atomic mass is 10.1. The normalized spacial score (nSPS) is 18.0. The second kappa shape index (κ2) is 8.63. The molecule has 2 amide bonds. The maximum Gasteiger partial charge on any atom is 0.264 e. The molecule has 2 aromatic rings. The number of nitriles is 1.